The van der Waals surface area contributed by atoms with Crippen LogP contribution in [0.15, 0.2) is 0 Å². The molecule has 33 atom stereocenters. The van der Waals surface area contributed by atoms with Crippen molar-refractivity contribution in [3.05, 3.63) is 0 Å². The Labute approximate surface area is 640 Å². The summed E-state index contributed by atoms with van der Waals surface area (Å²) in [7, 11) is 6.40. The number of carbonyl (C=O) groups excluding carboxylic acids is 16. The van der Waals surface area contributed by atoms with Crippen LogP contribution in [0.2, 0.25) is 0 Å². The minimum Gasteiger partial charge on any atom is -0.469 e. The Morgan fingerprint density at radius 2 is 0.622 bits per heavy atom. The molecule has 15 fully saturated rings. The van der Waals surface area contributed by atoms with Gasteiger partial charge in [-0.25, -0.2) is 4.79 Å². The van der Waals surface area contributed by atoms with Gasteiger partial charge in [0.1, 0.15) is 84.7 Å². The van der Waals surface area contributed by atoms with Gasteiger partial charge in [0.05, 0.1) is 99.6 Å². The van der Waals surface area contributed by atoms with E-state index in [1.165, 1.54) is 35.5 Å². The molecule has 0 aromatic heterocycles. The second kappa shape index (κ2) is 32.5. The molecular weight excluding hydrogens is 1470 g/mol. The van der Waals surface area contributed by atoms with Gasteiger partial charge in [-0.2, -0.15) is 0 Å². The van der Waals surface area contributed by atoms with Crippen molar-refractivity contribution < 1.29 is 162 Å². The van der Waals surface area contributed by atoms with Gasteiger partial charge in [-0.1, -0.05) is 55.4 Å². The SMILES string of the molecule is CCC(C)(C)C(=O)OC1C2CC3C1OC(=O)C3C2C(=O)OC.CCC(C)(C)C(=O)OC1C2OC(=O)C3C2OC1C3C(=O)OC.CCC(C)C(=O)OC1C2CC3C1OC(=O)C3C2C(=O)OC.CCC(C)C(=O)OC1C2OC(=O)C3C2OC1C3C(=O)OC.CCC(C)C(=O)OCC(=O)OC1C2CC3C1OC(=O)C3C2C(=O)OC. The third-order valence-corrected chi connectivity index (χ3v) is 26.3. The highest BCUT2D eigenvalue weighted by Gasteiger charge is 2.76. The number of rotatable bonds is 22. The molecule has 9 saturated heterocycles. The molecule has 0 aromatic rings. The molecular formula is C77H102O34. The van der Waals surface area contributed by atoms with Crippen LogP contribution in [0, 0.1) is 123 Å². The van der Waals surface area contributed by atoms with Crippen molar-refractivity contribution in [2.45, 2.75) is 220 Å². The van der Waals surface area contributed by atoms with Gasteiger partial charge >= 0.3 is 95.5 Å². The third-order valence-electron chi connectivity index (χ3n) is 26.3. The molecule has 9 aliphatic heterocycles. The molecule has 33 unspecified atom stereocenters. The van der Waals surface area contributed by atoms with E-state index in [1.54, 1.807) is 34.6 Å². The van der Waals surface area contributed by atoms with Crippen molar-refractivity contribution in [3.8, 4) is 0 Å². The maximum atomic E-state index is 12.4. The van der Waals surface area contributed by atoms with Gasteiger partial charge in [0.15, 0.2) is 31.0 Å². The minimum absolute atomic E-state index is 0.0265. The normalized spacial score (nSPS) is 38.9. The summed E-state index contributed by atoms with van der Waals surface area (Å²) in [5.74, 6) is -14.6. The number of methoxy groups -OCH3 is 5. The zero-order chi connectivity index (χ0) is 81.4. The fraction of sp³-hybridized carbons (Fsp3) is 0.792. The van der Waals surface area contributed by atoms with Gasteiger partial charge in [-0.15, -0.1) is 0 Å². The van der Waals surface area contributed by atoms with E-state index < -0.39 is 216 Å². The lowest BCUT2D eigenvalue weighted by Gasteiger charge is -2.32. The number of hydrogen-bond donors (Lipinski definition) is 0. The van der Waals surface area contributed by atoms with E-state index in [2.05, 4.69) is 0 Å². The molecule has 0 aromatic carbocycles. The van der Waals surface area contributed by atoms with Gasteiger partial charge in [0.25, 0.3) is 0 Å². The summed E-state index contributed by atoms with van der Waals surface area (Å²) in [5.41, 5.74) is -1.24. The molecule has 34 nitrogen and oxygen atoms in total. The van der Waals surface area contributed by atoms with Gasteiger partial charge in [-0.3, -0.25) is 71.9 Å². The standard InChI is InChI=1S/C17H22O8.C16H22O6.C15H20O7.C15H20O6.C14H18O7/c1-4-7(2)15(19)23-6-10(18)24-13-8-5-9-12(11(8)16(20)22-3)17(21)25-14(9)13;1-5-16(2,3)15(19)22-12-7-6-8-10(9(7)13(17)20-4)14(18)21-11(8)12;1-5-15(2,3)14(18)22-11-8-6(12(16)19-4)7-9(20-8)10(11)21-13(7)17;1-4-6(2)13(16)20-11-7-5-8-10(9(7)14(17)19-3)15(18)21-12(8)11;1-4-5(2)12(15)20-10-8-6(13(16)18-3)7-9(19-8)11(10)21-14(7)17/h7-9,11-14H,4-6H2,1-3H3;7-12H,5-6H2,1-4H3;6-11H,5H2,1-4H3;6-12H,4-5H2,1-3H3;5-11H,4H2,1-3H3. The van der Waals surface area contributed by atoms with E-state index in [-0.39, 0.29) is 95.2 Å². The zero-order valence-corrected chi connectivity index (χ0v) is 65.3. The largest absolute Gasteiger partial charge is 0.469 e. The van der Waals surface area contributed by atoms with Crippen molar-refractivity contribution in [2.24, 2.45) is 123 Å². The summed E-state index contributed by atoms with van der Waals surface area (Å²) in [5, 5.41) is 0. The molecule has 9 heterocycles. The highest BCUT2D eigenvalue weighted by molar-refractivity contribution is 5.91. The topological polar surface area (TPSA) is 439 Å². The summed E-state index contributed by atoms with van der Waals surface area (Å²) in [6, 6.07) is 0. The Balaban J connectivity index is 0.000000138. The third kappa shape index (κ3) is 14.6. The maximum absolute atomic E-state index is 12.4. The number of fused-ring (bicyclic) bond motifs is 5. The lowest BCUT2D eigenvalue weighted by Crippen LogP contribution is -2.49. The molecule has 0 amide bonds. The van der Waals surface area contributed by atoms with Crippen molar-refractivity contribution in [2.75, 3.05) is 42.2 Å². The Bertz CT molecular complexity index is 3530. The highest BCUT2D eigenvalue weighted by Crippen LogP contribution is 2.62. The lowest BCUT2D eigenvalue weighted by atomic mass is 9.78. The number of hydrogen-bond acceptors (Lipinski definition) is 34. The first kappa shape index (κ1) is 83.4. The van der Waals surface area contributed by atoms with Crippen LogP contribution in [0.3, 0.4) is 0 Å². The summed E-state index contributed by atoms with van der Waals surface area (Å²) < 4.78 is 94.5. The Hall–Kier alpha value is -8.56. The fourth-order valence-corrected chi connectivity index (χ4v) is 18.9. The smallest absolute Gasteiger partial charge is 0.344 e. The predicted octanol–water partition coefficient (Wildman–Crippen LogP) is 3.21. The molecule has 10 bridgehead atoms. The van der Waals surface area contributed by atoms with Gasteiger partial charge < -0.3 is 85.3 Å². The second-order valence-electron chi connectivity index (χ2n) is 32.7. The van der Waals surface area contributed by atoms with Crippen molar-refractivity contribution in [1.29, 1.82) is 0 Å². The molecule has 15 rings (SSSR count). The summed E-state index contributed by atoms with van der Waals surface area (Å²) in [6.07, 6.45) is -3.07. The second-order valence-corrected chi connectivity index (χ2v) is 32.7. The van der Waals surface area contributed by atoms with Crippen LogP contribution >= 0.6 is 0 Å². The van der Waals surface area contributed by atoms with Crippen LogP contribution < -0.4 is 0 Å². The van der Waals surface area contributed by atoms with Gasteiger partial charge in [-0.05, 0) is 79.1 Å². The molecule has 614 valence electrons. The van der Waals surface area contributed by atoms with Crippen LogP contribution in [0.25, 0.3) is 0 Å². The van der Waals surface area contributed by atoms with E-state index in [9.17, 15) is 76.7 Å². The van der Waals surface area contributed by atoms with E-state index in [1.807, 2.05) is 48.5 Å². The minimum atomic E-state index is -0.774. The molecule has 34 heteroatoms. The van der Waals surface area contributed by atoms with Crippen LogP contribution in [0.4, 0.5) is 0 Å². The molecule has 6 saturated carbocycles. The average molecular weight is 1570 g/mol. The van der Waals surface area contributed by atoms with E-state index in [0.717, 1.165) is 0 Å². The first-order valence-electron chi connectivity index (χ1n) is 38.4. The number of carbonyl (C=O) groups is 16. The maximum Gasteiger partial charge on any atom is 0.344 e. The first-order chi connectivity index (χ1) is 52.5. The van der Waals surface area contributed by atoms with Crippen molar-refractivity contribution >= 4 is 95.5 Å². The zero-order valence-electron chi connectivity index (χ0n) is 65.3. The van der Waals surface area contributed by atoms with E-state index >= 15 is 0 Å². The van der Waals surface area contributed by atoms with Gasteiger partial charge in [0, 0.05) is 35.5 Å². The molecule has 0 N–H and O–H groups in total. The lowest BCUT2D eigenvalue weighted by molar-refractivity contribution is -0.173. The Morgan fingerprint density at radius 3 is 0.955 bits per heavy atom. The molecule has 6 aliphatic carbocycles. The van der Waals surface area contributed by atoms with Crippen molar-refractivity contribution in [3.63, 3.8) is 0 Å². The summed E-state index contributed by atoms with van der Waals surface area (Å²) in [6.45, 7) is 21.4. The summed E-state index contributed by atoms with van der Waals surface area (Å²) in [4.78, 5) is 192. The molecule has 0 spiro atoms. The number of esters is 16. The monoisotopic (exact) mass is 1570 g/mol. The quantitative estimate of drug-likeness (QED) is 0.111. The molecule has 111 heavy (non-hydrogen) atoms. The highest BCUT2D eigenvalue weighted by atomic mass is 16.7. The van der Waals surface area contributed by atoms with Crippen LogP contribution in [0.5, 0.6) is 0 Å². The van der Waals surface area contributed by atoms with Gasteiger partial charge in [0.2, 0.25) is 0 Å². The van der Waals surface area contributed by atoms with Crippen LogP contribution in [0.1, 0.15) is 134 Å². The van der Waals surface area contributed by atoms with Crippen LogP contribution in [-0.2, 0) is 162 Å². The summed E-state index contributed by atoms with van der Waals surface area (Å²) >= 11 is 0. The van der Waals surface area contributed by atoms with Crippen LogP contribution in [-0.4, -0.2) is 223 Å². The predicted molar refractivity (Wildman–Crippen MR) is 363 cm³/mol. The molecule has 15 aliphatic rings. The molecule has 0 radical (unpaired) electrons. The first-order valence-corrected chi connectivity index (χ1v) is 38.4. The Kier molecular flexibility index (Phi) is 24.4. The van der Waals surface area contributed by atoms with Crippen molar-refractivity contribution in [1.82, 2.24) is 0 Å². The number of ether oxygens (including phenoxy) is 18. The fourth-order valence-electron chi connectivity index (χ4n) is 18.9. The Morgan fingerprint density at radius 1 is 0.342 bits per heavy atom. The average Bonchev–Trinajstić information content (AvgIpc) is 1.58. The van der Waals surface area contributed by atoms with E-state index in [4.69, 9.17) is 85.3 Å². The van der Waals surface area contributed by atoms with E-state index in [0.29, 0.717) is 51.4 Å².